The quantitative estimate of drug-likeness (QED) is 0.304. The number of thioether (sulfide) groups is 1. The van der Waals surface area contributed by atoms with Gasteiger partial charge in [-0.05, 0) is 44.7 Å². The number of carbonyl (C=O) groups excluding carboxylic acids is 1. The van der Waals surface area contributed by atoms with Crippen molar-refractivity contribution < 1.29 is 28.6 Å². The first-order valence-corrected chi connectivity index (χ1v) is 12.7. The van der Waals surface area contributed by atoms with Crippen LogP contribution < -0.4 is 15.0 Å². The maximum absolute atomic E-state index is 15.0. The van der Waals surface area contributed by atoms with Crippen LogP contribution in [0.4, 0.5) is 20.0 Å². The summed E-state index contributed by atoms with van der Waals surface area (Å²) in [6.45, 7) is 4.28. The van der Waals surface area contributed by atoms with Gasteiger partial charge in [0.05, 0.1) is 22.7 Å². The van der Waals surface area contributed by atoms with Gasteiger partial charge < -0.3 is 14.6 Å². The molecular formula is C23H30FN3O5S2. The molecular weight excluding hydrogens is 481 g/mol. The summed E-state index contributed by atoms with van der Waals surface area (Å²) < 4.78 is 25.1. The normalized spacial score (nSPS) is 14.2. The Morgan fingerprint density at radius 2 is 2.06 bits per heavy atom. The maximum Gasteiger partial charge on any atom is 0.328 e. The number of hydrogen-bond donors (Lipinski definition) is 2. The van der Waals surface area contributed by atoms with Crippen LogP contribution in [0.25, 0.3) is 0 Å². The van der Waals surface area contributed by atoms with Crippen LogP contribution in [0.1, 0.15) is 39.5 Å². The van der Waals surface area contributed by atoms with Crippen LogP contribution in [0, 0.1) is 11.7 Å². The third kappa shape index (κ3) is 7.07. The number of methoxy groups -OCH3 is 1. The molecule has 1 heterocycles. The first-order chi connectivity index (χ1) is 16.2. The first kappa shape index (κ1) is 26.2. The zero-order valence-electron chi connectivity index (χ0n) is 19.5. The number of amides is 2. The van der Waals surface area contributed by atoms with Crippen LogP contribution in [-0.4, -0.2) is 53.7 Å². The maximum atomic E-state index is 15.0. The van der Waals surface area contributed by atoms with E-state index >= 15 is 4.39 Å². The summed E-state index contributed by atoms with van der Waals surface area (Å²) >= 11 is 2.34. The predicted molar refractivity (Wildman–Crippen MR) is 132 cm³/mol. The fraction of sp³-hybridized carbons (Fsp3) is 0.522. The Hall–Kier alpha value is -2.37. The number of ether oxygens (including phenoxy) is 2. The minimum atomic E-state index is -1.03. The molecule has 11 heteroatoms. The molecule has 0 radical (unpaired) electrons. The predicted octanol–water partition coefficient (Wildman–Crippen LogP) is 5.49. The van der Waals surface area contributed by atoms with E-state index < -0.39 is 22.6 Å². The van der Waals surface area contributed by atoms with E-state index in [4.69, 9.17) is 9.47 Å². The number of aliphatic carboxylic acids is 1. The Balaban J connectivity index is 1.75. The summed E-state index contributed by atoms with van der Waals surface area (Å²) in [4.78, 5) is 30.2. The van der Waals surface area contributed by atoms with E-state index in [0.717, 1.165) is 37.4 Å². The van der Waals surface area contributed by atoms with Crippen LogP contribution in [-0.2, 0) is 9.53 Å². The smallest absolute Gasteiger partial charge is 0.328 e. The van der Waals surface area contributed by atoms with E-state index in [1.807, 2.05) is 0 Å². The number of aromatic nitrogens is 1. The number of carboxylic acids is 1. The molecule has 0 saturated heterocycles. The van der Waals surface area contributed by atoms with Crippen LogP contribution in [0.5, 0.6) is 5.75 Å². The molecule has 0 aliphatic heterocycles. The molecule has 1 fully saturated rings. The summed E-state index contributed by atoms with van der Waals surface area (Å²) in [6, 6.07) is 3.97. The van der Waals surface area contributed by atoms with Gasteiger partial charge in [-0.25, -0.2) is 14.2 Å². The van der Waals surface area contributed by atoms with E-state index in [2.05, 4.69) is 10.3 Å². The van der Waals surface area contributed by atoms with Crippen molar-refractivity contribution in [3.63, 3.8) is 0 Å². The van der Waals surface area contributed by atoms with Crippen molar-refractivity contribution in [1.29, 1.82) is 0 Å². The van der Waals surface area contributed by atoms with Crippen molar-refractivity contribution in [1.82, 2.24) is 4.98 Å². The van der Waals surface area contributed by atoms with Gasteiger partial charge in [0.2, 0.25) is 0 Å². The Bertz CT molecular complexity index is 995. The third-order valence-electron chi connectivity index (χ3n) is 5.50. The first-order valence-electron chi connectivity index (χ1n) is 11.1. The number of halogens is 1. The molecule has 8 nitrogen and oxygen atoms in total. The molecule has 1 aliphatic rings. The van der Waals surface area contributed by atoms with E-state index in [1.165, 1.54) is 28.5 Å². The summed E-state index contributed by atoms with van der Waals surface area (Å²) in [6.07, 6.45) is 5.71. The van der Waals surface area contributed by atoms with Crippen LogP contribution in [0.15, 0.2) is 28.6 Å². The number of hydrogen-bond acceptors (Lipinski definition) is 7. The molecule has 1 aromatic heterocycles. The largest absolute Gasteiger partial charge is 0.491 e. The highest BCUT2D eigenvalue weighted by Gasteiger charge is 2.30. The number of nitrogens with zero attached hydrogens (tertiary/aromatic N) is 2. The standard InChI is InChI=1S/C23H30FN3O5S2/c1-23(2,20(28)29)34-19-13-25-21(33-19)26-22(30)27(14-15-6-4-5-7-15)18-9-8-16(12-17(18)24)32-11-10-31-3/h8-9,12-13,15H,4-7,10-11,14H2,1-3H3,(H,28,29)(H,25,26,30). The number of benzene rings is 1. The Morgan fingerprint density at radius 1 is 1.32 bits per heavy atom. The molecule has 2 aromatic rings. The number of anilines is 2. The molecule has 2 amide bonds. The molecule has 1 aromatic carbocycles. The summed E-state index contributed by atoms with van der Waals surface area (Å²) in [5, 5.41) is 12.4. The molecule has 0 bridgehead atoms. The third-order valence-corrected chi connectivity index (χ3v) is 7.69. The van der Waals surface area contributed by atoms with Gasteiger partial charge in [-0.3, -0.25) is 15.0 Å². The van der Waals surface area contributed by atoms with Crippen molar-refractivity contribution in [3.8, 4) is 5.75 Å². The summed E-state index contributed by atoms with van der Waals surface area (Å²) in [7, 11) is 1.56. The number of carbonyl (C=O) groups is 2. The molecule has 0 spiro atoms. The highest BCUT2D eigenvalue weighted by atomic mass is 32.2. The number of nitrogens with one attached hydrogen (secondary N) is 1. The SMILES string of the molecule is COCCOc1ccc(N(CC2CCCC2)C(=O)Nc2ncc(SC(C)(C)C(=O)O)s2)c(F)c1. The second-order valence-electron chi connectivity index (χ2n) is 8.55. The number of carboxylic acid groups (broad SMARTS) is 1. The second-order valence-corrected chi connectivity index (χ2v) is 11.5. The van der Waals surface area contributed by atoms with Crippen molar-refractivity contribution in [2.24, 2.45) is 5.92 Å². The van der Waals surface area contributed by atoms with Crippen molar-refractivity contribution in [3.05, 3.63) is 30.2 Å². The average Bonchev–Trinajstić information content (AvgIpc) is 3.44. The molecule has 0 unspecified atom stereocenters. The second kappa shape index (κ2) is 11.9. The van der Waals surface area contributed by atoms with Crippen LogP contribution >= 0.6 is 23.1 Å². The topological polar surface area (TPSA) is 101 Å². The fourth-order valence-corrected chi connectivity index (χ4v) is 5.86. The highest BCUT2D eigenvalue weighted by Crippen LogP contribution is 2.38. The van der Waals surface area contributed by atoms with Crippen molar-refractivity contribution in [2.45, 2.75) is 48.5 Å². The van der Waals surface area contributed by atoms with Gasteiger partial charge in [0.25, 0.3) is 0 Å². The van der Waals surface area contributed by atoms with E-state index in [9.17, 15) is 14.7 Å². The van der Waals surface area contributed by atoms with E-state index in [-0.39, 0.29) is 5.69 Å². The molecule has 2 N–H and O–H groups in total. The zero-order valence-corrected chi connectivity index (χ0v) is 21.1. The number of urea groups is 1. The highest BCUT2D eigenvalue weighted by molar-refractivity contribution is 8.03. The van der Waals surface area contributed by atoms with E-state index in [1.54, 1.807) is 33.1 Å². The monoisotopic (exact) mass is 511 g/mol. The molecule has 186 valence electrons. The van der Waals surface area contributed by atoms with Gasteiger partial charge in [-0.15, -0.1) is 0 Å². The van der Waals surface area contributed by atoms with Gasteiger partial charge in [0.15, 0.2) is 10.9 Å². The Morgan fingerprint density at radius 3 is 2.71 bits per heavy atom. The average molecular weight is 512 g/mol. The molecule has 1 aliphatic carbocycles. The Kier molecular flexibility index (Phi) is 9.15. The van der Waals surface area contributed by atoms with E-state index in [0.29, 0.717) is 40.8 Å². The van der Waals surface area contributed by atoms with Crippen LogP contribution in [0.3, 0.4) is 0 Å². The lowest BCUT2D eigenvalue weighted by molar-refractivity contribution is -0.138. The zero-order chi connectivity index (χ0) is 24.7. The fourth-order valence-electron chi connectivity index (χ4n) is 3.60. The molecule has 0 atom stereocenters. The van der Waals surface area contributed by atoms with Crippen LogP contribution in [0.2, 0.25) is 0 Å². The number of thiazole rings is 1. The molecule has 3 rings (SSSR count). The lowest BCUT2D eigenvalue weighted by Crippen LogP contribution is -2.38. The summed E-state index contributed by atoms with van der Waals surface area (Å²) in [5.41, 5.74) is 0.168. The molecule has 34 heavy (non-hydrogen) atoms. The van der Waals surface area contributed by atoms with Crippen molar-refractivity contribution in [2.75, 3.05) is 37.1 Å². The lowest BCUT2D eigenvalue weighted by Gasteiger charge is -2.26. The minimum absolute atomic E-state index is 0.168. The van der Waals surface area contributed by atoms with Gasteiger partial charge >= 0.3 is 12.0 Å². The molecule has 1 saturated carbocycles. The minimum Gasteiger partial charge on any atom is -0.491 e. The summed E-state index contributed by atoms with van der Waals surface area (Å²) in [5.74, 6) is -0.838. The van der Waals surface area contributed by atoms with Gasteiger partial charge in [-0.2, -0.15) is 0 Å². The lowest BCUT2D eigenvalue weighted by atomic mass is 10.1. The van der Waals surface area contributed by atoms with Gasteiger partial charge in [0.1, 0.15) is 17.1 Å². The van der Waals surface area contributed by atoms with Crippen molar-refractivity contribution >= 4 is 45.9 Å². The number of rotatable bonds is 11. The van der Waals surface area contributed by atoms with Gasteiger partial charge in [-0.1, -0.05) is 35.9 Å². The Labute approximate surface area is 206 Å². The van der Waals surface area contributed by atoms with Gasteiger partial charge in [0, 0.05) is 19.7 Å².